The van der Waals surface area contributed by atoms with E-state index in [0.29, 0.717) is 12.6 Å². The third-order valence-corrected chi connectivity index (χ3v) is 2.52. The number of hydrogen-bond acceptors (Lipinski definition) is 3. The van der Waals surface area contributed by atoms with Crippen LogP contribution in [0, 0.1) is 0 Å². The molecule has 78 valence electrons. The van der Waals surface area contributed by atoms with Crippen LogP contribution in [-0.4, -0.2) is 43.5 Å². The van der Waals surface area contributed by atoms with Gasteiger partial charge in [-0.2, -0.15) is 0 Å². The molecule has 2 atom stereocenters. The highest BCUT2D eigenvalue weighted by atomic mass is 16.2. The van der Waals surface area contributed by atoms with Crippen LogP contribution in [-0.2, 0) is 4.79 Å². The van der Waals surface area contributed by atoms with Gasteiger partial charge in [-0.05, 0) is 33.9 Å². The van der Waals surface area contributed by atoms with Gasteiger partial charge in [0.1, 0.15) is 0 Å². The lowest BCUT2D eigenvalue weighted by Crippen LogP contribution is -2.46. The first-order valence-electron chi connectivity index (χ1n) is 4.68. The maximum absolute atomic E-state index is 11.3. The molecule has 0 aromatic heterocycles. The van der Waals surface area contributed by atoms with E-state index in [2.05, 4.69) is 12.2 Å². The fraction of sp³-hybridized carbons (Fsp3) is 0.889. The average Bonchev–Trinajstić information content (AvgIpc) is 2.14. The first-order chi connectivity index (χ1) is 6.04. The molecule has 0 spiro atoms. The summed E-state index contributed by atoms with van der Waals surface area (Å²) in [5.74, 6) is 0.0476. The minimum Gasteiger partial charge on any atom is -0.358 e. The molecule has 13 heavy (non-hydrogen) atoms. The highest BCUT2D eigenvalue weighted by Crippen LogP contribution is 2.05. The molecule has 0 aliphatic carbocycles. The molecule has 0 saturated carbocycles. The number of carbonyl (C=O) groups is 1. The Morgan fingerprint density at radius 2 is 2.08 bits per heavy atom. The molecule has 2 unspecified atom stereocenters. The zero-order valence-electron chi connectivity index (χ0n) is 9.00. The lowest BCUT2D eigenvalue weighted by Gasteiger charge is -2.29. The number of amides is 1. The quantitative estimate of drug-likeness (QED) is 0.626. The summed E-state index contributed by atoms with van der Waals surface area (Å²) in [5.41, 5.74) is 5.45. The van der Waals surface area contributed by atoms with Gasteiger partial charge in [0.15, 0.2) is 0 Å². The van der Waals surface area contributed by atoms with Crippen molar-refractivity contribution >= 4 is 5.91 Å². The topological polar surface area (TPSA) is 58.4 Å². The second kappa shape index (κ2) is 5.94. The summed E-state index contributed by atoms with van der Waals surface area (Å²) in [6.07, 6.45) is 0.915. The Balaban J connectivity index is 4.07. The van der Waals surface area contributed by atoms with Gasteiger partial charge in [0.05, 0.1) is 6.04 Å². The number of nitrogens with two attached hydrogens (primary N) is 1. The van der Waals surface area contributed by atoms with E-state index in [9.17, 15) is 4.79 Å². The van der Waals surface area contributed by atoms with Crippen LogP contribution in [0.3, 0.4) is 0 Å². The normalized spacial score (nSPS) is 15.5. The maximum atomic E-state index is 11.3. The summed E-state index contributed by atoms with van der Waals surface area (Å²) in [4.78, 5) is 13.3. The molecule has 0 aliphatic heterocycles. The molecule has 0 saturated heterocycles. The van der Waals surface area contributed by atoms with Crippen LogP contribution < -0.4 is 11.1 Å². The van der Waals surface area contributed by atoms with Gasteiger partial charge in [-0.15, -0.1) is 0 Å². The minimum atomic E-state index is -0.0912. The van der Waals surface area contributed by atoms with Crippen molar-refractivity contribution in [2.24, 2.45) is 5.73 Å². The van der Waals surface area contributed by atoms with E-state index in [4.69, 9.17) is 5.73 Å². The number of nitrogens with zero attached hydrogens (tertiary/aromatic N) is 1. The van der Waals surface area contributed by atoms with Crippen LogP contribution in [0.15, 0.2) is 0 Å². The van der Waals surface area contributed by atoms with E-state index in [1.54, 1.807) is 7.05 Å². The van der Waals surface area contributed by atoms with Crippen LogP contribution in [0.5, 0.6) is 0 Å². The molecule has 0 heterocycles. The minimum absolute atomic E-state index is 0.0476. The van der Waals surface area contributed by atoms with Crippen LogP contribution in [0.1, 0.15) is 20.3 Å². The van der Waals surface area contributed by atoms with Gasteiger partial charge in [0.25, 0.3) is 0 Å². The van der Waals surface area contributed by atoms with Crippen molar-refractivity contribution in [1.82, 2.24) is 10.2 Å². The average molecular weight is 187 g/mol. The highest BCUT2D eigenvalue weighted by Gasteiger charge is 2.20. The fourth-order valence-corrected chi connectivity index (χ4v) is 1.22. The molecular weight excluding hydrogens is 166 g/mol. The largest absolute Gasteiger partial charge is 0.358 e. The smallest absolute Gasteiger partial charge is 0.236 e. The van der Waals surface area contributed by atoms with Crippen molar-refractivity contribution in [1.29, 1.82) is 0 Å². The molecule has 0 rings (SSSR count). The molecule has 0 fully saturated rings. The van der Waals surface area contributed by atoms with Crippen LogP contribution in [0.4, 0.5) is 0 Å². The summed E-state index contributed by atoms with van der Waals surface area (Å²) >= 11 is 0. The Morgan fingerprint density at radius 3 is 2.46 bits per heavy atom. The summed E-state index contributed by atoms with van der Waals surface area (Å²) < 4.78 is 0. The monoisotopic (exact) mass is 187 g/mol. The van der Waals surface area contributed by atoms with Gasteiger partial charge in [0.2, 0.25) is 5.91 Å². The Labute approximate surface area is 80.5 Å². The highest BCUT2D eigenvalue weighted by molar-refractivity contribution is 5.80. The molecular formula is C9H21N3O. The second-order valence-corrected chi connectivity index (χ2v) is 3.38. The van der Waals surface area contributed by atoms with E-state index < -0.39 is 0 Å². The Hall–Kier alpha value is -0.610. The van der Waals surface area contributed by atoms with Crippen molar-refractivity contribution in [2.75, 3.05) is 20.6 Å². The van der Waals surface area contributed by atoms with Crippen molar-refractivity contribution < 1.29 is 4.79 Å². The van der Waals surface area contributed by atoms with Gasteiger partial charge >= 0.3 is 0 Å². The Morgan fingerprint density at radius 1 is 1.54 bits per heavy atom. The predicted octanol–water partition coefficient (Wildman–Crippen LogP) is -0.210. The van der Waals surface area contributed by atoms with Crippen molar-refractivity contribution in [3.63, 3.8) is 0 Å². The molecule has 0 aromatic rings. The Bertz CT molecular complexity index is 161. The lowest BCUT2D eigenvalue weighted by molar-refractivity contribution is -0.125. The SMILES string of the molecule is CNC(=O)C(C)N(C)C(C)CCN. The summed E-state index contributed by atoms with van der Waals surface area (Å²) in [6, 6.07) is 0.254. The van der Waals surface area contributed by atoms with Crippen molar-refractivity contribution in [3.05, 3.63) is 0 Å². The molecule has 4 heteroatoms. The first-order valence-corrected chi connectivity index (χ1v) is 4.68. The van der Waals surface area contributed by atoms with E-state index >= 15 is 0 Å². The Kier molecular flexibility index (Phi) is 5.66. The van der Waals surface area contributed by atoms with E-state index in [0.717, 1.165) is 6.42 Å². The van der Waals surface area contributed by atoms with E-state index in [1.165, 1.54) is 0 Å². The van der Waals surface area contributed by atoms with Crippen LogP contribution >= 0.6 is 0 Å². The molecule has 1 amide bonds. The van der Waals surface area contributed by atoms with E-state index in [1.807, 2.05) is 18.9 Å². The van der Waals surface area contributed by atoms with Gasteiger partial charge < -0.3 is 11.1 Å². The molecule has 0 aromatic carbocycles. The number of nitrogens with one attached hydrogen (secondary N) is 1. The third-order valence-electron chi connectivity index (χ3n) is 2.52. The molecule has 0 aliphatic rings. The number of likely N-dealkylation sites (N-methyl/N-ethyl adjacent to an activating group) is 2. The first kappa shape index (κ1) is 12.4. The molecule has 3 N–H and O–H groups in total. The number of rotatable bonds is 5. The van der Waals surface area contributed by atoms with Gasteiger partial charge in [-0.25, -0.2) is 0 Å². The molecule has 0 radical (unpaired) electrons. The van der Waals surface area contributed by atoms with Crippen molar-refractivity contribution in [3.8, 4) is 0 Å². The maximum Gasteiger partial charge on any atom is 0.236 e. The van der Waals surface area contributed by atoms with Crippen molar-refractivity contribution in [2.45, 2.75) is 32.4 Å². The molecule has 0 bridgehead atoms. The number of carbonyl (C=O) groups excluding carboxylic acids is 1. The van der Waals surface area contributed by atoms with Gasteiger partial charge in [0, 0.05) is 13.1 Å². The lowest BCUT2D eigenvalue weighted by atomic mass is 10.1. The zero-order valence-corrected chi connectivity index (χ0v) is 9.00. The standard InChI is InChI=1S/C9H21N3O/c1-7(5-6-10)12(4)8(2)9(13)11-3/h7-8H,5-6,10H2,1-4H3,(H,11,13). The zero-order chi connectivity index (χ0) is 10.4. The van der Waals surface area contributed by atoms with Crippen LogP contribution in [0.25, 0.3) is 0 Å². The van der Waals surface area contributed by atoms with Gasteiger partial charge in [-0.3, -0.25) is 9.69 Å². The fourth-order valence-electron chi connectivity index (χ4n) is 1.22. The second-order valence-electron chi connectivity index (χ2n) is 3.38. The van der Waals surface area contributed by atoms with Crippen LogP contribution in [0.2, 0.25) is 0 Å². The molecule has 4 nitrogen and oxygen atoms in total. The van der Waals surface area contributed by atoms with E-state index in [-0.39, 0.29) is 11.9 Å². The number of hydrogen-bond donors (Lipinski definition) is 2. The third kappa shape index (κ3) is 3.74. The summed E-state index contributed by atoms with van der Waals surface area (Å²) in [6.45, 7) is 4.63. The van der Waals surface area contributed by atoms with Gasteiger partial charge in [-0.1, -0.05) is 0 Å². The predicted molar refractivity (Wildman–Crippen MR) is 54.4 cm³/mol. The summed E-state index contributed by atoms with van der Waals surface area (Å²) in [5, 5.41) is 2.63. The summed E-state index contributed by atoms with van der Waals surface area (Å²) in [7, 11) is 3.60.